The number of nitrogens with one attached hydrogen (secondary N) is 1. The van der Waals surface area contributed by atoms with E-state index in [-0.39, 0.29) is 5.82 Å². The number of thioether (sulfide) groups is 1. The molecule has 110 valence electrons. The summed E-state index contributed by atoms with van der Waals surface area (Å²) in [5, 5.41) is 3.65. The maximum absolute atomic E-state index is 12.9. The van der Waals surface area contributed by atoms with Crippen LogP contribution in [0.15, 0.2) is 29.2 Å². The lowest BCUT2D eigenvalue weighted by molar-refractivity contribution is 0.226. The average Bonchev–Trinajstić information content (AvgIpc) is 3.11. The molecule has 2 aliphatic rings. The summed E-state index contributed by atoms with van der Waals surface area (Å²) in [7, 11) is 0. The van der Waals surface area contributed by atoms with Gasteiger partial charge in [-0.3, -0.25) is 4.90 Å². The lowest BCUT2D eigenvalue weighted by atomic mass is 10.0. The van der Waals surface area contributed by atoms with Crippen LogP contribution >= 0.6 is 11.8 Å². The molecule has 0 aromatic heterocycles. The first kappa shape index (κ1) is 14.4. The van der Waals surface area contributed by atoms with E-state index in [0.717, 1.165) is 18.3 Å². The van der Waals surface area contributed by atoms with Gasteiger partial charge < -0.3 is 5.32 Å². The van der Waals surface area contributed by atoms with Crippen LogP contribution in [0.2, 0.25) is 0 Å². The van der Waals surface area contributed by atoms with Crippen molar-refractivity contribution >= 4 is 11.8 Å². The topological polar surface area (TPSA) is 15.3 Å². The highest BCUT2D eigenvalue weighted by molar-refractivity contribution is 7.99. The second-order valence-electron chi connectivity index (χ2n) is 5.75. The minimum atomic E-state index is -0.152. The largest absolute Gasteiger partial charge is 0.312 e. The predicted octanol–water partition coefficient (Wildman–Crippen LogP) is 3.13. The van der Waals surface area contributed by atoms with Crippen LogP contribution in [0, 0.1) is 5.82 Å². The van der Waals surface area contributed by atoms with Crippen LogP contribution in [0.1, 0.15) is 25.7 Å². The van der Waals surface area contributed by atoms with Gasteiger partial charge in [0.25, 0.3) is 0 Å². The van der Waals surface area contributed by atoms with Gasteiger partial charge in [0.2, 0.25) is 0 Å². The first-order valence-electron chi connectivity index (χ1n) is 7.69. The van der Waals surface area contributed by atoms with Crippen LogP contribution in [0.5, 0.6) is 0 Å². The zero-order valence-corrected chi connectivity index (χ0v) is 12.7. The fourth-order valence-electron chi connectivity index (χ4n) is 3.44. The van der Waals surface area contributed by atoms with E-state index >= 15 is 0 Å². The van der Waals surface area contributed by atoms with E-state index in [1.54, 1.807) is 12.1 Å². The fraction of sp³-hybridized carbons (Fsp3) is 0.625. The molecule has 1 aromatic carbocycles. The normalized spacial score (nSPS) is 27.2. The van der Waals surface area contributed by atoms with Crippen molar-refractivity contribution in [2.75, 3.05) is 25.4 Å². The molecule has 20 heavy (non-hydrogen) atoms. The van der Waals surface area contributed by atoms with E-state index in [4.69, 9.17) is 0 Å². The molecule has 2 aliphatic heterocycles. The minimum absolute atomic E-state index is 0.152. The van der Waals surface area contributed by atoms with E-state index in [9.17, 15) is 4.39 Å². The number of likely N-dealkylation sites (tertiary alicyclic amines) is 1. The van der Waals surface area contributed by atoms with Gasteiger partial charge >= 0.3 is 0 Å². The number of benzene rings is 1. The van der Waals surface area contributed by atoms with E-state index in [1.165, 1.54) is 43.7 Å². The monoisotopic (exact) mass is 294 g/mol. The SMILES string of the molecule is Fc1ccc(SCCN2CCCC2C2CCCN2)cc1. The summed E-state index contributed by atoms with van der Waals surface area (Å²) in [6.45, 7) is 3.58. The molecule has 3 rings (SSSR count). The molecule has 0 radical (unpaired) electrons. The Morgan fingerprint density at radius 1 is 1.20 bits per heavy atom. The first-order valence-corrected chi connectivity index (χ1v) is 8.67. The summed E-state index contributed by atoms with van der Waals surface area (Å²) in [5.74, 6) is 0.941. The third-order valence-corrected chi connectivity index (χ3v) is 5.43. The van der Waals surface area contributed by atoms with Crippen molar-refractivity contribution in [2.24, 2.45) is 0 Å². The van der Waals surface area contributed by atoms with Crippen molar-refractivity contribution in [3.05, 3.63) is 30.1 Å². The summed E-state index contributed by atoms with van der Waals surface area (Å²) in [5.41, 5.74) is 0. The third-order valence-electron chi connectivity index (χ3n) is 4.44. The summed E-state index contributed by atoms with van der Waals surface area (Å²) in [6.07, 6.45) is 5.36. The van der Waals surface area contributed by atoms with Gasteiger partial charge in [0, 0.05) is 29.3 Å². The van der Waals surface area contributed by atoms with Gasteiger partial charge in [-0.15, -0.1) is 11.8 Å². The maximum atomic E-state index is 12.9. The highest BCUT2D eigenvalue weighted by Gasteiger charge is 2.32. The molecule has 2 saturated heterocycles. The Balaban J connectivity index is 1.46. The molecule has 4 heteroatoms. The molecule has 2 heterocycles. The van der Waals surface area contributed by atoms with Crippen molar-refractivity contribution in [1.82, 2.24) is 10.2 Å². The smallest absolute Gasteiger partial charge is 0.123 e. The summed E-state index contributed by atoms with van der Waals surface area (Å²) < 4.78 is 12.9. The molecule has 2 fully saturated rings. The Morgan fingerprint density at radius 3 is 2.80 bits per heavy atom. The Bertz CT molecular complexity index is 417. The van der Waals surface area contributed by atoms with Gasteiger partial charge in [-0.25, -0.2) is 4.39 Å². The zero-order valence-electron chi connectivity index (χ0n) is 11.9. The lowest BCUT2D eigenvalue weighted by Gasteiger charge is -2.29. The first-order chi connectivity index (χ1) is 9.83. The van der Waals surface area contributed by atoms with Gasteiger partial charge in [0.15, 0.2) is 0 Å². The standard InChI is InChI=1S/C16H23FN2S/c17-13-5-7-14(8-6-13)20-12-11-19-10-2-4-16(19)15-3-1-9-18-15/h5-8,15-16,18H,1-4,9-12H2. The Kier molecular flexibility index (Phi) is 4.97. The maximum Gasteiger partial charge on any atom is 0.123 e. The lowest BCUT2D eigenvalue weighted by Crippen LogP contribution is -2.44. The minimum Gasteiger partial charge on any atom is -0.312 e. The van der Waals surface area contributed by atoms with Gasteiger partial charge in [0.05, 0.1) is 0 Å². The number of nitrogens with zero attached hydrogens (tertiary/aromatic N) is 1. The van der Waals surface area contributed by atoms with E-state index < -0.39 is 0 Å². The second-order valence-corrected chi connectivity index (χ2v) is 6.92. The zero-order chi connectivity index (χ0) is 13.8. The van der Waals surface area contributed by atoms with Crippen LogP contribution in [-0.2, 0) is 0 Å². The molecule has 0 spiro atoms. The molecule has 2 nitrogen and oxygen atoms in total. The third kappa shape index (κ3) is 3.54. The van der Waals surface area contributed by atoms with Crippen molar-refractivity contribution < 1.29 is 4.39 Å². The van der Waals surface area contributed by atoms with E-state index in [2.05, 4.69) is 10.2 Å². The highest BCUT2D eigenvalue weighted by Crippen LogP contribution is 2.26. The molecular formula is C16H23FN2S. The summed E-state index contributed by atoms with van der Waals surface area (Å²) >= 11 is 1.83. The van der Waals surface area contributed by atoms with Crippen molar-refractivity contribution in [3.8, 4) is 0 Å². The van der Waals surface area contributed by atoms with Crippen LogP contribution in [0.25, 0.3) is 0 Å². The molecule has 1 N–H and O–H groups in total. The molecule has 0 aliphatic carbocycles. The van der Waals surface area contributed by atoms with Crippen molar-refractivity contribution in [1.29, 1.82) is 0 Å². The molecule has 2 atom stereocenters. The van der Waals surface area contributed by atoms with Gasteiger partial charge in [-0.1, -0.05) is 0 Å². The molecule has 0 bridgehead atoms. The van der Waals surface area contributed by atoms with Crippen molar-refractivity contribution in [2.45, 2.75) is 42.7 Å². The molecular weight excluding hydrogens is 271 g/mol. The number of rotatable bonds is 5. The van der Waals surface area contributed by atoms with Crippen LogP contribution in [0.4, 0.5) is 4.39 Å². The highest BCUT2D eigenvalue weighted by atomic mass is 32.2. The molecule has 0 saturated carbocycles. The Morgan fingerprint density at radius 2 is 2.05 bits per heavy atom. The van der Waals surface area contributed by atoms with E-state index in [0.29, 0.717) is 6.04 Å². The fourth-order valence-corrected chi connectivity index (χ4v) is 4.33. The van der Waals surface area contributed by atoms with Gasteiger partial charge in [0.1, 0.15) is 5.82 Å². The number of hydrogen-bond acceptors (Lipinski definition) is 3. The molecule has 2 unspecified atom stereocenters. The predicted molar refractivity (Wildman–Crippen MR) is 82.7 cm³/mol. The summed E-state index contributed by atoms with van der Waals surface area (Å²) in [4.78, 5) is 3.82. The van der Waals surface area contributed by atoms with Gasteiger partial charge in [-0.05, 0) is 63.0 Å². The van der Waals surface area contributed by atoms with Crippen LogP contribution in [0.3, 0.4) is 0 Å². The van der Waals surface area contributed by atoms with Crippen LogP contribution in [-0.4, -0.2) is 42.4 Å². The van der Waals surface area contributed by atoms with Crippen molar-refractivity contribution in [3.63, 3.8) is 0 Å². The van der Waals surface area contributed by atoms with Gasteiger partial charge in [-0.2, -0.15) is 0 Å². The average molecular weight is 294 g/mol. The number of hydrogen-bond donors (Lipinski definition) is 1. The second kappa shape index (κ2) is 6.92. The molecule has 0 amide bonds. The molecule has 1 aromatic rings. The van der Waals surface area contributed by atoms with E-state index in [1.807, 2.05) is 23.9 Å². The Hall–Kier alpha value is -0.580. The summed E-state index contributed by atoms with van der Waals surface area (Å²) in [6, 6.07) is 8.30. The number of halogens is 1. The quantitative estimate of drug-likeness (QED) is 0.840. The Labute approximate surface area is 125 Å². The van der Waals surface area contributed by atoms with Crippen LogP contribution < -0.4 is 5.32 Å².